The van der Waals surface area contributed by atoms with Gasteiger partial charge >= 0.3 is 12.2 Å². The smallest absolute Gasteiger partial charge is 0.272 e. The molecule has 0 spiro atoms. The first kappa shape index (κ1) is 21.7. The molecule has 3 aromatic rings. The lowest BCUT2D eigenvalue weighted by Crippen LogP contribution is -2.45. The molecule has 1 saturated heterocycles. The molecule has 1 heterocycles. The van der Waals surface area contributed by atoms with Crippen molar-refractivity contribution in [3.05, 3.63) is 95.0 Å². The Balaban J connectivity index is 1.69. The summed E-state index contributed by atoms with van der Waals surface area (Å²) in [7, 11) is 0. The third-order valence-corrected chi connectivity index (χ3v) is 5.42. The van der Waals surface area contributed by atoms with E-state index < -0.39 is 23.7 Å². The van der Waals surface area contributed by atoms with E-state index in [0.717, 1.165) is 22.7 Å². The number of amides is 3. The standard InChI is InChI=1S/C23H17ClF3N3O2/c24-19-8-4-5-9-20(19)30(17-12-10-16(11-13-17)23(25,26)27)22(32)29-14-18(21(31)28-29)15-6-2-1-3-7-15/h1-13,18H,14H2,(H,28,31). The number of benzene rings is 3. The number of nitrogens with one attached hydrogen (secondary N) is 1. The summed E-state index contributed by atoms with van der Waals surface area (Å²) in [6.45, 7) is 0.0588. The minimum Gasteiger partial charge on any atom is -0.272 e. The quantitative estimate of drug-likeness (QED) is 0.542. The molecule has 4 rings (SSSR count). The number of carbonyl (C=O) groups is 2. The number of nitrogens with zero attached hydrogens (tertiary/aromatic N) is 2. The molecule has 3 aromatic carbocycles. The summed E-state index contributed by atoms with van der Waals surface area (Å²) in [5.74, 6) is -0.920. The minimum atomic E-state index is -4.51. The largest absolute Gasteiger partial charge is 0.416 e. The Bertz CT molecular complexity index is 1140. The number of hydrazine groups is 1. The van der Waals surface area contributed by atoms with E-state index in [4.69, 9.17) is 11.6 Å². The first-order valence-corrected chi connectivity index (χ1v) is 10.0. The van der Waals surface area contributed by atoms with Crippen molar-refractivity contribution in [2.24, 2.45) is 0 Å². The third-order valence-electron chi connectivity index (χ3n) is 5.10. The highest BCUT2D eigenvalue weighted by molar-refractivity contribution is 6.34. The lowest BCUT2D eigenvalue weighted by atomic mass is 10.00. The molecular weight excluding hydrogens is 443 g/mol. The fraction of sp³-hybridized carbons (Fsp3) is 0.130. The van der Waals surface area contributed by atoms with Crippen LogP contribution in [0.2, 0.25) is 5.02 Å². The number of para-hydroxylation sites is 1. The Labute approximate surface area is 187 Å². The van der Waals surface area contributed by atoms with Gasteiger partial charge in [-0.2, -0.15) is 13.2 Å². The van der Waals surface area contributed by atoms with Crippen molar-refractivity contribution in [3.63, 3.8) is 0 Å². The molecule has 164 valence electrons. The van der Waals surface area contributed by atoms with Crippen LogP contribution in [-0.2, 0) is 11.0 Å². The Hall–Kier alpha value is -3.52. The predicted molar refractivity (Wildman–Crippen MR) is 114 cm³/mol. The number of alkyl halides is 3. The van der Waals surface area contributed by atoms with Gasteiger partial charge < -0.3 is 0 Å². The summed E-state index contributed by atoms with van der Waals surface area (Å²) in [6, 6.07) is 19.0. The van der Waals surface area contributed by atoms with E-state index in [-0.39, 0.29) is 28.8 Å². The van der Waals surface area contributed by atoms with Crippen LogP contribution in [0.5, 0.6) is 0 Å². The lowest BCUT2D eigenvalue weighted by molar-refractivity contribution is -0.137. The zero-order valence-corrected chi connectivity index (χ0v) is 17.3. The minimum absolute atomic E-state index is 0.0588. The molecule has 32 heavy (non-hydrogen) atoms. The van der Waals surface area contributed by atoms with Crippen molar-refractivity contribution in [2.45, 2.75) is 12.1 Å². The van der Waals surface area contributed by atoms with Crippen LogP contribution in [0.4, 0.5) is 29.3 Å². The fourth-order valence-electron chi connectivity index (χ4n) is 3.50. The number of anilines is 2. The molecule has 1 fully saturated rings. The molecule has 9 heteroatoms. The lowest BCUT2D eigenvalue weighted by Gasteiger charge is -2.28. The molecule has 0 aromatic heterocycles. The SMILES string of the molecule is O=C1NN(C(=O)N(c2ccc(C(F)(F)F)cc2)c2ccccc2Cl)CC1c1ccccc1. The van der Waals surface area contributed by atoms with Gasteiger partial charge in [0.05, 0.1) is 34.4 Å². The van der Waals surface area contributed by atoms with Crippen molar-refractivity contribution < 1.29 is 22.8 Å². The van der Waals surface area contributed by atoms with Crippen molar-refractivity contribution >= 4 is 34.9 Å². The van der Waals surface area contributed by atoms with E-state index >= 15 is 0 Å². The maximum Gasteiger partial charge on any atom is 0.416 e. The zero-order chi connectivity index (χ0) is 22.9. The monoisotopic (exact) mass is 459 g/mol. The summed E-state index contributed by atoms with van der Waals surface area (Å²) in [5.41, 5.74) is 2.91. The van der Waals surface area contributed by atoms with E-state index in [1.165, 1.54) is 17.0 Å². The molecule has 3 amide bonds. The van der Waals surface area contributed by atoms with E-state index in [2.05, 4.69) is 5.43 Å². The summed E-state index contributed by atoms with van der Waals surface area (Å²) < 4.78 is 39.0. The molecule has 5 nitrogen and oxygen atoms in total. The topological polar surface area (TPSA) is 52.7 Å². The van der Waals surface area contributed by atoms with Crippen molar-refractivity contribution in [1.82, 2.24) is 10.4 Å². The highest BCUT2D eigenvalue weighted by Crippen LogP contribution is 2.36. The first-order chi connectivity index (χ1) is 15.3. The van der Waals surface area contributed by atoms with Gasteiger partial charge in [-0.1, -0.05) is 54.1 Å². The molecule has 1 aliphatic heterocycles. The van der Waals surface area contributed by atoms with Gasteiger partial charge in [-0.25, -0.2) is 9.80 Å². The summed E-state index contributed by atoms with van der Waals surface area (Å²) in [4.78, 5) is 27.2. The van der Waals surface area contributed by atoms with Crippen LogP contribution in [0.25, 0.3) is 0 Å². The fourth-order valence-corrected chi connectivity index (χ4v) is 3.72. The summed E-state index contributed by atoms with van der Waals surface area (Å²) >= 11 is 6.30. The van der Waals surface area contributed by atoms with Gasteiger partial charge in [-0.3, -0.25) is 15.1 Å². The second-order valence-electron chi connectivity index (χ2n) is 7.16. The van der Waals surface area contributed by atoms with Crippen molar-refractivity contribution in [1.29, 1.82) is 0 Å². The van der Waals surface area contributed by atoms with Gasteiger partial charge in [0.25, 0.3) is 0 Å². The van der Waals surface area contributed by atoms with Crippen LogP contribution in [0, 0.1) is 0 Å². The predicted octanol–water partition coefficient (Wildman–Crippen LogP) is 5.75. The molecular formula is C23H17ClF3N3O2. The number of urea groups is 1. The third kappa shape index (κ3) is 4.27. The average molecular weight is 460 g/mol. The second-order valence-corrected chi connectivity index (χ2v) is 7.57. The molecule has 0 radical (unpaired) electrons. The van der Waals surface area contributed by atoms with Crippen LogP contribution < -0.4 is 10.3 Å². The van der Waals surface area contributed by atoms with Gasteiger partial charge in [0.15, 0.2) is 0 Å². The molecule has 1 atom stereocenters. The van der Waals surface area contributed by atoms with Crippen LogP contribution in [-0.4, -0.2) is 23.5 Å². The Morgan fingerprint density at radius 1 is 0.969 bits per heavy atom. The maximum atomic E-state index is 13.5. The van der Waals surface area contributed by atoms with E-state index in [9.17, 15) is 22.8 Å². The van der Waals surface area contributed by atoms with E-state index in [1.807, 2.05) is 6.07 Å². The van der Waals surface area contributed by atoms with Crippen LogP contribution >= 0.6 is 11.6 Å². The molecule has 0 saturated carbocycles. The average Bonchev–Trinajstić information content (AvgIpc) is 3.17. The summed E-state index contributed by atoms with van der Waals surface area (Å²) in [6.07, 6.45) is -4.51. The van der Waals surface area contributed by atoms with Gasteiger partial charge in [0.2, 0.25) is 5.91 Å². The number of hydrogen-bond donors (Lipinski definition) is 1. The highest BCUT2D eigenvalue weighted by atomic mass is 35.5. The Kier molecular flexibility index (Phi) is 5.80. The molecule has 1 aliphatic rings. The Morgan fingerprint density at radius 2 is 1.59 bits per heavy atom. The van der Waals surface area contributed by atoms with Gasteiger partial charge in [-0.15, -0.1) is 0 Å². The van der Waals surface area contributed by atoms with Gasteiger partial charge in [0.1, 0.15) is 0 Å². The molecule has 0 aliphatic carbocycles. The number of hydrogen-bond acceptors (Lipinski definition) is 2. The molecule has 1 unspecified atom stereocenters. The normalized spacial score (nSPS) is 16.1. The molecule has 1 N–H and O–H groups in total. The van der Waals surface area contributed by atoms with Crippen LogP contribution in [0.15, 0.2) is 78.9 Å². The second kappa shape index (κ2) is 8.55. The van der Waals surface area contributed by atoms with Crippen molar-refractivity contribution in [3.8, 4) is 0 Å². The highest BCUT2D eigenvalue weighted by Gasteiger charge is 2.38. The first-order valence-electron chi connectivity index (χ1n) is 9.64. The summed E-state index contributed by atoms with van der Waals surface area (Å²) in [5, 5.41) is 1.37. The zero-order valence-electron chi connectivity index (χ0n) is 16.5. The Morgan fingerprint density at radius 3 is 2.22 bits per heavy atom. The van der Waals surface area contributed by atoms with Gasteiger partial charge in [-0.05, 0) is 42.0 Å². The maximum absolute atomic E-state index is 13.5. The van der Waals surface area contributed by atoms with Crippen molar-refractivity contribution in [2.75, 3.05) is 11.4 Å². The number of rotatable bonds is 3. The van der Waals surface area contributed by atoms with Crippen LogP contribution in [0.3, 0.4) is 0 Å². The van der Waals surface area contributed by atoms with Gasteiger partial charge in [0, 0.05) is 0 Å². The van der Waals surface area contributed by atoms with E-state index in [1.54, 1.807) is 48.5 Å². The molecule has 0 bridgehead atoms. The van der Waals surface area contributed by atoms with E-state index in [0.29, 0.717) is 0 Å². The number of halogens is 4. The van der Waals surface area contributed by atoms with Crippen LogP contribution in [0.1, 0.15) is 17.0 Å². The number of carbonyl (C=O) groups excluding carboxylic acids is 2.